The van der Waals surface area contributed by atoms with E-state index in [4.69, 9.17) is 16.3 Å². The highest BCUT2D eigenvalue weighted by Crippen LogP contribution is 2.31. The van der Waals surface area contributed by atoms with Crippen molar-refractivity contribution in [1.82, 2.24) is 0 Å². The van der Waals surface area contributed by atoms with Gasteiger partial charge in [-0.15, -0.1) is 0 Å². The molecule has 102 valence electrons. The van der Waals surface area contributed by atoms with Crippen LogP contribution in [0, 0.1) is 0 Å². The van der Waals surface area contributed by atoms with Crippen LogP contribution < -0.4 is 4.74 Å². The predicted molar refractivity (Wildman–Crippen MR) is 82.8 cm³/mol. The van der Waals surface area contributed by atoms with Crippen LogP contribution in [0.1, 0.15) is 27.9 Å². The monoisotopic (exact) mass is 350 g/mol. The Balaban J connectivity index is 2.06. The average Bonchev–Trinajstić information content (AvgIpc) is 2.45. The number of halogens is 2. The Bertz CT molecular complexity index is 662. The van der Waals surface area contributed by atoms with Gasteiger partial charge in [-0.05, 0) is 42.7 Å². The summed E-state index contributed by atoms with van der Waals surface area (Å²) in [5.41, 5.74) is 2.27. The van der Waals surface area contributed by atoms with Crippen LogP contribution in [-0.4, -0.2) is 12.4 Å². The molecule has 0 saturated heterocycles. The van der Waals surface area contributed by atoms with Crippen molar-refractivity contribution in [2.45, 2.75) is 12.8 Å². The second-order valence-electron chi connectivity index (χ2n) is 4.73. The molecule has 0 bridgehead atoms. The van der Waals surface area contributed by atoms with Crippen LogP contribution >= 0.6 is 27.5 Å². The Hall–Kier alpha value is -1.32. The molecule has 1 aliphatic rings. The van der Waals surface area contributed by atoms with Gasteiger partial charge in [0.15, 0.2) is 5.78 Å². The largest absolute Gasteiger partial charge is 0.493 e. The molecule has 0 unspecified atom stereocenters. The molecule has 2 aromatic carbocycles. The second kappa shape index (κ2) is 5.58. The molecule has 0 aliphatic carbocycles. The summed E-state index contributed by atoms with van der Waals surface area (Å²) in [6, 6.07) is 10.9. The summed E-state index contributed by atoms with van der Waals surface area (Å²) in [4.78, 5) is 12.7. The molecular weight excluding hydrogens is 340 g/mol. The lowest BCUT2D eigenvalue weighted by Gasteiger charge is -2.19. The number of fused-ring (bicyclic) bond motifs is 1. The number of hydrogen-bond donors (Lipinski definition) is 0. The molecule has 20 heavy (non-hydrogen) atoms. The SMILES string of the molecule is O=C(c1cc(Cl)cc(Br)c1)c1cccc2c1OCCC2. The van der Waals surface area contributed by atoms with Gasteiger partial charge in [0.25, 0.3) is 0 Å². The van der Waals surface area contributed by atoms with E-state index >= 15 is 0 Å². The van der Waals surface area contributed by atoms with Gasteiger partial charge in [0.1, 0.15) is 5.75 Å². The van der Waals surface area contributed by atoms with Crippen LogP contribution in [0.2, 0.25) is 5.02 Å². The third kappa shape index (κ3) is 2.60. The minimum atomic E-state index is -0.0630. The normalized spacial score (nSPS) is 13.5. The van der Waals surface area contributed by atoms with E-state index in [1.165, 1.54) is 0 Å². The fourth-order valence-electron chi connectivity index (χ4n) is 2.41. The Morgan fingerprint density at radius 3 is 2.90 bits per heavy atom. The molecule has 0 saturated carbocycles. The van der Waals surface area contributed by atoms with Crippen molar-refractivity contribution in [2.24, 2.45) is 0 Å². The third-order valence-corrected chi connectivity index (χ3v) is 3.98. The highest BCUT2D eigenvalue weighted by molar-refractivity contribution is 9.10. The molecule has 4 heteroatoms. The number of ketones is 1. The van der Waals surface area contributed by atoms with Gasteiger partial charge in [-0.2, -0.15) is 0 Å². The van der Waals surface area contributed by atoms with Crippen molar-refractivity contribution in [3.05, 3.63) is 62.6 Å². The molecule has 3 rings (SSSR count). The van der Waals surface area contributed by atoms with E-state index in [9.17, 15) is 4.79 Å². The minimum Gasteiger partial charge on any atom is -0.493 e. The Morgan fingerprint density at radius 2 is 2.10 bits per heavy atom. The van der Waals surface area contributed by atoms with Crippen LogP contribution in [0.3, 0.4) is 0 Å². The number of carbonyl (C=O) groups is 1. The van der Waals surface area contributed by atoms with Crippen molar-refractivity contribution >= 4 is 33.3 Å². The summed E-state index contributed by atoms with van der Waals surface area (Å²) in [5, 5.41) is 0.536. The highest BCUT2D eigenvalue weighted by Gasteiger charge is 2.20. The Labute approximate surface area is 130 Å². The maximum absolute atomic E-state index is 12.7. The zero-order valence-electron chi connectivity index (χ0n) is 10.7. The number of rotatable bonds is 2. The number of ether oxygens (including phenoxy) is 1. The van der Waals surface area contributed by atoms with Gasteiger partial charge < -0.3 is 4.74 Å². The molecule has 0 amide bonds. The van der Waals surface area contributed by atoms with E-state index in [1.54, 1.807) is 24.3 Å². The molecule has 2 nitrogen and oxygen atoms in total. The number of benzene rings is 2. The summed E-state index contributed by atoms with van der Waals surface area (Å²) < 4.78 is 6.48. The molecule has 2 aromatic rings. The highest BCUT2D eigenvalue weighted by atomic mass is 79.9. The first-order valence-corrected chi connectivity index (χ1v) is 7.58. The molecule has 0 radical (unpaired) electrons. The lowest BCUT2D eigenvalue weighted by atomic mass is 9.97. The van der Waals surface area contributed by atoms with Gasteiger partial charge in [0, 0.05) is 15.1 Å². The summed E-state index contributed by atoms with van der Waals surface area (Å²) in [7, 11) is 0. The van der Waals surface area contributed by atoms with Crippen LogP contribution in [0.15, 0.2) is 40.9 Å². The van der Waals surface area contributed by atoms with Crippen LogP contribution in [-0.2, 0) is 6.42 Å². The Kier molecular flexibility index (Phi) is 3.81. The molecule has 0 spiro atoms. The van der Waals surface area contributed by atoms with Gasteiger partial charge in [-0.25, -0.2) is 0 Å². The first-order chi connectivity index (χ1) is 9.65. The molecule has 0 N–H and O–H groups in total. The van der Waals surface area contributed by atoms with Crippen molar-refractivity contribution in [1.29, 1.82) is 0 Å². The maximum atomic E-state index is 12.7. The quantitative estimate of drug-likeness (QED) is 0.736. The van der Waals surface area contributed by atoms with Crippen molar-refractivity contribution < 1.29 is 9.53 Å². The van der Waals surface area contributed by atoms with E-state index in [2.05, 4.69) is 15.9 Å². The smallest absolute Gasteiger partial charge is 0.196 e. The number of hydrogen-bond acceptors (Lipinski definition) is 2. The molecule has 0 aromatic heterocycles. The molecule has 1 heterocycles. The van der Waals surface area contributed by atoms with E-state index in [1.807, 2.05) is 12.1 Å². The number of aryl methyl sites for hydroxylation is 1. The summed E-state index contributed by atoms with van der Waals surface area (Å²) in [5.74, 6) is 0.659. The molecule has 0 atom stereocenters. The van der Waals surface area contributed by atoms with Gasteiger partial charge in [0.05, 0.1) is 12.2 Å². The predicted octanol–water partition coefficient (Wildman–Crippen LogP) is 4.66. The van der Waals surface area contributed by atoms with E-state index in [0.29, 0.717) is 22.8 Å². The summed E-state index contributed by atoms with van der Waals surface area (Å²) in [6.07, 6.45) is 1.95. The van der Waals surface area contributed by atoms with E-state index < -0.39 is 0 Å². The fraction of sp³-hybridized carbons (Fsp3) is 0.188. The second-order valence-corrected chi connectivity index (χ2v) is 6.09. The molecule has 0 fully saturated rings. The number of carbonyl (C=O) groups excluding carboxylic acids is 1. The third-order valence-electron chi connectivity index (χ3n) is 3.30. The van der Waals surface area contributed by atoms with Gasteiger partial charge in [-0.3, -0.25) is 4.79 Å². The van der Waals surface area contributed by atoms with Gasteiger partial charge in [0.2, 0.25) is 0 Å². The first kappa shape index (κ1) is 13.7. The average molecular weight is 352 g/mol. The van der Waals surface area contributed by atoms with Gasteiger partial charge in [-0.1, -0.05) is 39.7 Å². The molecule has 1 aliphatic heterocycles. The van der Waals surface area contributed by atoms with Crippen molar-refractivity contribution in [3.8, 4) is 5.75 Å². The zero-order valence-corrected chi connectivity index (χ0v) is 13.0. The first-order valence-electron chi connectivity index (χ1n) is 6.40. The van der Waals surface area contributed by atoms with Gasteiger partial charge >= 0.3 is 0 Å². The van der Waals surface area contributed by atoms with Crippen LogP contribution in [0.5, 0.6) is 5.75 Å². The molecular formula is C16H12BrClO2. The number of para-hydroxylation sites is 1. The summed E-state index contributed by atoms with van der Waals surface area (Å²) in [6.45, 7) is 0.663. The topological polar surface area (TPSA) is 26.3 Å². The van der Waals surface area contributed by atoms with Crippen LogP contribution in [0.4, 0.5) is 0 Å². The van der Waals surface area contributed by atoms with Crippen molar-refractivity contribution in [3.63, 3.8) is 0 Å². The maximum Gasteiger partial charge on any atom is 0.196 e. The lowest BCUT2D eigenvalue weighted by molar-refractivity contribution is 0.103. The van der Waals surface area contributed by atoms with E-state index in [-0.39, 0.29) is 5.78 Å². The summed E-state index contributed by atoms with van der Waals surface area (Å²) >= 11 is 9.37. The van der Waals surface area contributed by atoms with E-state index in [0.717, 1.165) is 28.6 Å². The van der Waals surface area contributed by atoms with Crippen molar-refractivity contribution in [2.75, 3.05) is 6.61 Å². The standard InChI is InChI=1S/C16H12BrClO2/c17-12-7-11(8-13(18)9-12)15(19)14-5-1-3-10-4-2-6-20-16(10)14/h1,3,5,7-9H,2,4,6H2. The fourth-order valence-corrected chi connectivity index (χ4v) is 3.27. The lowest BCUT2D eigenvalue weighted by Crippen LogP contribution is -2.13. The minimum absolute atomic E-state index is 0.0630. The van der Waals surface area contributed by atoms with Crippen LogP contribution in [0.25, 0.3) is 0 Å². The Morgan fingerprint density at radius 1 is 1.25 bits per heavy atom. The zero-order chi connectivity index (χ0) is 14.1.